The zero-order valence-corrected chi connectivity index (χ0v) is 16.1. The van der Waals surface area contributed by atoms with Gasteiger partial charge in [-0.3, -0.25) is 15.5 Å². The number of hydrazone groups is 1. The monoisotopic (exact) mass is 412 g/mol. The standard InChI is InChI=1S/C18H19F3N4O4/c1-5-29-17(26)15-9(2)16(22-10(15)3)11(4)23-24-13-7-6-12(18(19,20)21)8-14(13)25(27)28/h6-8,22,24H,5H2,1-4H3/b23-11+. The minimum Gasteiger partial charge on any atom is -0.462 e. The van der Waals surface area contributed by atoms with Crippen LogP contribution in [0.15, 0.2) is 23.3 Å². The maximum atomic E-state index is 12.8. The molecule has 0 aliphatic carbocycles. The highest BCUT2D eigenvalue weighted by molar-refractivity contribution is 6.03. The topological polar surface area (TPSA) is 110 Å². The van der Waals surface area contributed by atoms with Gasteiger partial charge in [0.25, 0.3) is 5.69 Å². The minimum absolute atomic E-state index is 0.200. The molecule has 2 rings (SSSR count). The molecule has 0 spiro atoms. The second-order valence-electron chi connectivity index (χ2n) is 6.14. The van der Waals surface area contributed by atoms with Gasteiger partial charge in [0.05, 0.1) is 34.1 Å². The Morgan fingerprint density at radius 3 is 2.55 bits per heavy atom. The normalized spacial score (nSPS) is 12.0. The number of anilines is 1. The van der Waals surface area contributed by atoms with Crippen molar-refractivity contribution in [3.05, 3.63) is 56.4 Å². The first-order valence-electron chi connectivity index (χ1n) is 8.49. The third-order valence-corrected chi connectivity index (χ3v) is 4.14. The van der Waals surface area contributed by atoms with E-state index in [4.69, 9.17) is 4.74 Å². The van der Waals surface area contributed by atoms with E-state index in [1.807, 2.05) is 0 Å². The third-order valence-electron chi connectivity index (χ3n) is 4.14. The molecule has 29 heavy (non-hydrogen) atoms. The summed E-state index contributed by atoms with van der Waals surface area (Å²) in [5.41, 5.74) is 2.66. The Balaban J connectivity index is 2.37. The maximum Gasteiger partial charge on any atom is 0.416 e. The van der Waals surface area contributed by atoms with Crippen molar-refractivity contribution in [1.82, 2.24) is 4.98 Å². The van der Waals surface area contributed by atoms with Crippen LogP contribution in [-0.4, -0.2) is 28.2 Å². The molecular weight excluding hydrogens is 393 g/mol. The molecule has 0 bridgehead atoms. The lowest BCUT2D eigenvalue weighted by Crippen LogP contribution is -2.08. The molecule has 156 valence electrons. The molecule has 0 amide bonds. The zero-order chi connectivity index (χ0) is 21.9. The molecule has 1 heterocycles. The van der Waals surface area contributed by atoms with Gasteiger partial charge in [0.15, 0.2) is 0 Å². The first-order chi connectivity index (χ1) is 13.5. The Hall–Kier alpha value is -3.37. The van der Waals surface area contributed by atoms with E-state index in [0.29, 0.717) is 34.3 Å². The van der Waals surface area contributed by atoms with Crippen LogP contribution in [0, 0.1) is 24.0 Å². The average molecular weight is 412 g/mol. The number of halogens is 3. The number of nitro groups is 1. The fraction of sp³-hybridized carbons (Fsp3) is 0.333. The van der Waals surface area contributed by atoms with Crippen LogP contribution in [0.2, 0.25) is 0 Å². The van der Waals surface area contributed by atoms with Gasteiger partial charge in [-0.2, -0.15) is 18.3 Å². The number of esters is 1. The molecule has 0 radical (unpaired) electrons. The second kappa shape index (κ2) is 8.33. The van der Waals surface area contributed by atoms with Crippen LogP contribution in [0.1, 0.15) is 46.7 Å². The number of nitro benzene ring substituents is 1. The Kier molecular flexibility index (Phi) is 6.30. The van der Waals surface area contributed by atoms with Crippen LogP contribution in [0.5, 0.6) is 0 Å². The van der Waals surface area contributed by atoms with Crippen LogP contribution < -0.4 is 5.43 Å². The van der Waals surface area contributed by atoms with Crippen molar-refractivity contribution in [1.29, 1.82) is 0 Å². The van der Waals surface area contributed by atoms with Crippen LogP contribution >= 0.6 is 0 Å². The number of aryl methyl sites for hydroxylation is 1. The lowest BCUT2D eigenvalue weighted by molar-refractivity contribution is -0.384. The summed E-state index contributed by atoms with van der Waals surface area (Å²) < 4.78 is 43.4. The van der Waals surface area contributed by atoms with E-state index in [1.165, 1.54) is 0 Å². The summed E-state index contributed by atoms with van der Waals surface area (Å²) in [4.78, 5) is 25.3. The number of carbonyl (C=O) groups is 1. The van der Waals surface area contributed by atoms with Gasteiger partial charge in [-0.05, 0) is 45.4 Å². The molecular formula is C18H19F3N4O4. The van der Waals surface area contributed by atoms with Crippen molar-refractivity contribution in [3.8, 4) is 0 Å². The van der Waals surface area contributed by atoms with Crippen molar-refractivity contribution in [2.24, 2.45) is 5.10 Å². The summed E-state index contributed by atoms with van der Waals surface area (Å²) in [5, 5.41) is 15.2. The molecule has 0 atom stereocenters. The van der Waals surface area contributed by atoms with E-state index in [9.17, 15) is 28.1 Å². The zero-order valence-electron chi connectivity index (χ0n) is 16.1. The molecule has 1 aromatic heterocycles. The van der Waals surface area contributed by atoms with Crippen LogP contribution in [0.25, 0.3) is 0 Å². The number of alkyl halides is 3. The maximum absolute atomic E-state index is 12.8. The van der Waals surface area contributed by atoms with Crippen molar-refractivity contribution in [2.45, 2.75) is 33.9 Å². The number of benzene rings is 1. The smallest absolute Gasteiger partial charge is 0.416 e. The van der Waals surface area contributed by atoms with E-state index in [-0.39, 0.29) is 12.3 Å². The predicted octanol–water partition coefficient (Wildman–Crippen LogP) is 4.57. The summed E-state index contributed by atoms with van der Waals surface area (Å²) in [6.45, 7) is 6.85. The van der Waals surface area contributed by atoms with Crippen molar-refractivity contribution >= 4 is 23.1 Å². The largest absolute Gasteiger partial charge is 0.462 e. The number of ether oxygens (including phenoxy) is 1. The van der Waals surface area contributed by atoms with Gasteiger partial charge < -0.3 is 9.72 Å². The third kappa shape index (κ3) is 4.73. The Morgan fingerprint density at radius 1 is 1.34 bits per heavy atom. The number of hydrogen-bond donors (Lipinski definition) is 2. The molecule has 1 aromatic carbocycles. The number of hydrogen-bond acceptors (Lipinski definition) is 6. The molecule has 0 saturated carbocycles. The van der Waals surface area contributed by atoms with Crippen LogP contribution in [0.3, 0.4) is 0 Å². The van der Waals surface area contributed by atoms with Crippen molar-refractivity contribution < 1.29 is 27.6 Å². The molecule has 0 unspecified atom stereocenters. The summed E-state index contributed by atoms with van der Waals surface area (Å²) in [6, 6.07) is 2.10. The highest BCUT2D eigenvalue weighted by atomic mass is 19.4. The quantitative estimate of drug-likeness (QED) is 0.313. The first kappa shape index (κ1) is 21.9. The Labute approximate surface area is 163 Å². The molecule has 0 saturated heterocycles. The van der Waals surface area contributed by atoms with Gasteiger partial charge in [-0.15, -0.1) is 0 Å². The van der Waals surface area contributed by atoms with Crippen molar-refractivity contribution in [2.75, 3.05) is 12.0 Å². The van der Waals surface area contributed by atoms with E-state index < -0.39 is 28.3 Å². The Bertz CT molecular complexity index is 980. The highest BCUT2D eigenvalue weighted by Crippen LogP contribution is 2.35. The lowest BCUT2D eigenvalue weighted by atomic mass is 10.1. The minimum atomic E-state index is -4.70. The fourth-order valence-corrected chi connectivity index (χ4v) is 2.77. The average Bonchev–Trinajstić information content (AvgIpc) is 2.93. The van der Waals surface area contributed by atoms with Gasteiger partial charge in [0.2, 0.25) is 0 Å². The Morgan fingerprint density at radius 2 is 2.00 bits per heavy atom. The van der Waals surface area contributed by atoms with Gasteiger partial charge in [0.1, 0.15) is 5.69 Å². The number of H-pyrrole nitrogens is 1. The molecule has 2 N–H and O–H groups in total. The van der Waals surface area contributed by atoms with Gasteiger partial charge in [0, 0.05) is 11.8 Å². The second-order valence-corrected chi connectivity index (χ2v) is 6.14. The highest BCUT2D eigenvalue weighted by Gasteiger charge is 2.33. The van der Waals surface area contributed by atoms with Gasteiger partial charge in [-0.25, -0.2) is 4.79 Å². The summed E-state index contributed by atoms with van der Waals surface area (Å²) >= 11 is 0. The first-order valence-corrected chi connectivity index (χ1v) is 8.49. The van der Waals surface area contributed by atoms with Crippen LogP contribution in [0.4, 0.5) is 24.5 Å². The number of aromatic amines is 1. The number of nitrogens with zero attached hydrogens (tertiary/aromatic N) is 2. The number of rotatable bonds is 6. The van der Waals surface area contributed by atoms with E-state index in [1.54, 1.807) is 27.7 Å². The number of aromatic nitrogens is 1. The van der Waals surface area contributed by atoms with E-state index >= 15 is 0 Å². The molecule has 0 fully saturated rings. The van der Waals surface area contributed by atoms with E-state index in [2.05, 4.69) is 15.5 Å². The lowest BCUT2D eigenvalue weighted by Gasteiger charge is -2.09. The summed E-state index contributed by atoms with van der Waals surface area (Å²) in [6.07, 6.45) is -4.70. The summed E-state index contributed by atoms with van der Waals surface area (Å²) in [5.74, 6) is -0.496. The molecule has 0 aliphatic rings. The fourth-order valence-electron chi connectivity index (χ4n) is 2.77. The number of carbonyl (C=O) groups excluding carboxylic acids is 1. The van der Waals surface area contributed by atoms with Gasteiger partial charge in [-0.1, -0.05) is 0 Å². The van der Waals surface area contributed by atoms with Gasteiger partial charge >= 0.3 is 12.1 Å². The molecule has 8 nitrogen and oxygen atoms in total. The van der Waals surface area contributed by atoms with E-state index in [0.717, 1.165) is 12.1 Å². The summed E-state index contributed by atoms with van der Waals surface area (Å²) in [7, 11) is 0. The molecule has 11 heteroatoms. The predicted molar refractivity (Wildman–Crippen MR) is 100 cm³/mol. The van der Waals surface area contributed by atoms with Crippen molar-refractivity contribution in [3.63, 3.8) is 0 Å². The number of nitrogens with one attached hydrogen (secondary N) is 2. The molecule has 0 aliphatic heterocycles. The molecule has 2 aromatic rings. The SMILES string of the molecule is CCOC(=O)c1c(C)[nH]c(/C(C)=N/Nc2ccc(C(F)(F)F)cc2[N+](=O)[O-])c1C. The van der Waals surface area contributed by atoms with Crippen LogP contribution in [-0.2, 0) is 10.9 Å².